The summed E-state index contributed by atoms with van der Waals surface area (Å²) in [5.74, 6) is 0.281. The number of thioether (sulfide) groups is 1. The van der Waals surface area contributed by atoms with Crippen LogP contribution in [-0.2, 0) is 0 Å². The van der Waals surface area contributed by atoms with Gasteiger partial charge in [-0.25, -0.2) is 0 Å². The molecule has 4 heterocycles. The van der Waals surface area contributed by atoms with Crippen LogP contribution in [-0.4, -0.2) is 36.5 Å². The van der Waals surface area contributed by atoms with Crippen molar-refractivity contribution in [2.24, 2.45) is 4.99 Å². The second kappa shape index (κ2) is 6.95. The lowest BCUT2D eigenvalue weighted by molar-refractivity contribution is 0.320. The van der Waals surface area contributed by atoms with Gasteiger partial charge in [0.15, 0.2) is 5.17 Å². The van der Waals surface area contributed by atoms with E-state index in [0.717, 1.165) is 23.1 Å². The fraction of sp³-hybridized carbons (Fsp3) is 0.304. The summed E-state index contributed by atoms with van der Waals surface area (Å²) in [5.41, 5.74) is 5.75. The van der Waals surface area contributed by atoms with Crippen LogP contribution in [0.25, 0.3) is 5.69 Å². The first kappa shape index (κ1) is 18.3. The summed E-state index contributed by atoms with van der Waals surface area (Å²) in [6, 6.07) is 15.9. The van der Waals surface area contributed by atoms with Gasteiger partial charge >= 0.3 is 0 Å². The van der Waals surface area contributed by atoms with E-state index in [1.54, 1.807) is 12.1 Å². The number of aromatic hydroxyl groups is 1. The van der Waals surface area contributed by atoms with Crippen molar-refractivity contribution in [2.45, 2.75) is 38.1 Å². The third kappa shape index (κ3) is 3.02. The Balaban J connectivity index is 1.62. The molecule has 148 valence electrons. The number of phenols is 1. The molecule has 1 aromatic carbocycles. The number of benzene rings is 1. The normalized spacial score (nSPS) is 23.3. The van der Waals surface area contributed by atoms with Crippen molar-refractivity contribution >= 4 is 16.9 Å². The predicted octanol–water partition coefficient (Wildman–Crippen LogP) is 4.78. The van der Waals surface area contributed by atoms with Gasteiger partial charge in [-0.2, -0.15) is 0 Å². The molecule has 5 rings (SSSR count). The van der Waals surface area contributed by atoms with Crippen LogP contribution in [0.2, 0.25) is 0 Å². The van der Waals surface area contributed by atoms with Gasteiger partial charge in [0.1, 0.15) is 11.8 Å². The monoisotopic (exact) mass is 404 g/mol. The van der Waals surface area contributed by atoms with E-state index in [1.807, 2.05) is 42.2 Å². The Kier molecular flexibility index (Phi) is 4.39. The third-order valence-corrected chi connectivity index (χ3v) is 6.88. The first-order valence-corrected chi connectivity index (χ1v) is 10.8. The summed E-state index contributed by atoms with van der Waals surface area (Å²) in [6.45, 7) is 7.57. The molecule has 2 aromatic heterocycles. The lowest BCUT2D eigenvalue weighted by Crippen LogP contribution is -2.28. The smallest absolute Gasteiger partial charge is 0.160 e. The van der Waals surface area contributed by atoms with Crippen LogP contribution >= 0.6 is 11.8 Å². The molecule has 1 fully saturated rings. The molecule has 0 saturated carbocycles. The van der Waals surface area contributed by atoms with E-state index in [0.29, 0.717) is 5.25 Å². The average molecular weight is 405 g/mol. The number of pyridine rings is 1. The number of hydrogen-bond donors (Lipinski definition) is 1. The lowest BCUT2D eigenvalue weighted by atomic mass is 9.96. The van der Waals surface area contributed by atoms with Gasteiger partial charge in [0.05, 0.1) is 11.7 Å². The van der Waals surface area contributed by atoms with Crippen molar-refractivity contribution in [2.75, 3.05) is 6.54 Å². The number of amidine groups is 1. The average Bonchev–Trinajstić information content (AvgIpc) is 3.33. The zero-order chi connectivity index (χ0) is 20.1. The summed E-state index contributed by atoms with van der Waals surface area (Å²) in [6.07, 6.45) is 1.85. The number of phenolic OH excluding ortho intramolecular Hbond substituents is 1. The van der Waals surface area contributed by atoms with Crippen LogP contribution in [0.15, 0.2) is 59.7 Å². The number of aryl methyl sites for hydroxylation is 1. The molecular formula is C23H24N4OS. The van der Waals surface area contributed by atoms with Gasteiger partial charge in [0.2, 0.25) is 0 Å². The van der Waals surface area contributed by atoms with E-state index in [2.05, 4.69) is 47.4 Å². The first-order chi connectivity index (χ1) is 14.0. The molecule has 0 spiro atoms. The molecule has 1 saturated heterocycles. The van der Waals surface area contributed by atoms with Gasteiger partial charge in [-0.1, -0.05) is 24.8 Å². The lowest BCUT2D eigenvalue weighted by Gasteiger charge is -2.27. The molecular weight excluding hydrogens is 380 g/mol. The van der Waals surface area contributed by atoms with E-state index in [-0.39, 0.29) is 17.8 Å². The van der Waals surface area contributed by atoms with Crippen LogP contribution in [0.1, 0.15) is 41.7 Å². The van der Waals surface area contributed by atoms with Crippen LogP contribution in [0.4, 0.5) is 0 Å². The zero-order valence-corrected chi connectivity index (χ0v) is 17.6. The molecule has 2 aliphatic rings. The number of aliphatic imine (C=N–C) groups is 1. The Hall–Kier alpha value is -2.73. The van der Waals surface area contributed by atoms with Gasteiger partial charge in [-0.05, 0) is 61.9 Å². The zero-order valence-electron chi connectivity index (χ0n) is 16.8. The second-order valence-electron chi connectivity index (χ2n) is 7.82. The summed E-state index contributed by atoms with van der Waals surface area (Å²) in [4.78, 5) is 12.2. The molecule has 1 N–H and O–H groups in total. The molecule has 0 aliphatic carbocycles. The number of hydrogen-bond acceptors (Lipinski definition) is 5. The van der Waals surface area contributed by atoms with Crippen LogP contribution in [0.3, 0.4) is 0 Å². The van der Waals surface area contributed by atoms with E-state index in [1.165, 1.54) is 17.0 Å². The fourth-order valence-electron chi connectivity index (χ4n) is 4.54. The van der Waals surface area contributed by atoms with Crippen LogP contribution in [0.5, 0.6) is 5.75 Å². The Labute approximate surface area is 175 Å². The molecule has 0 bridgehead atoms. The number of fused-ring (bicyclic) bond motifs is 1. The maximum atomic E-state index is 9.67. The van der Waals surface area contributed by atoms with Crippen molar-refractivity contribution in [1.29, 1.82) is 0 Å². The SMILES string of the molecule is Cc1cc([C@@H]2[C@H](c3ccccn3)N=C3S[C@@H](C)CN32)c(C)n1-c1ccc(O)cc1. The topological polar surface area (TPSA) is 53.7 Å². The molecule has 29 heavy (non-hydrogen) atoms. The van der Waals surface area contributed by atoms with Crippen molar-refractivity contribution in [1.82, 2.24) is 14.5 Å². The highest BCUT2D eigenvalue weighted by atomic mass is 32.2. The second-order valence-corrected chi connectivity index (χ2v) is 9.22. The van der Waals surface area contributed by atoms with E-state index >= 15 is 0 Å². The predicted molar refractivity (Wildman–Crippen MR) is 118 cm³/mol. The number of nitrogens with zero attached hydrogens (tertiary/aromatic N) is 4. The molecule has 0 radical (unpaired) electrons. The minimum atomic E-state index is -0.0000298. The van der Waals surface area contributed by atoms with Crippen molar-refractivity contribution in [3.05, 3.63) is 77.4 Å². The summed E-state index contributed by atoms with van der Waals surface area (Å²) < 4.78 is 2.26. The van der Waals surface area contributed by atoms with E-state index in [4.69, 9.17) is 4.99 Å². The third-order valence-electron chi connectivity index (χ3n) is 5.78. The quantitative estimate of drug-likeness (QED) is 0.682. The van der Waals surface area contributed by atoms with Gasteiger partial charge in [0.25, 0.3) is 0 Å². The van der Waals surface area contributed by atoms with Gasteiger partial charge in [0, 0.05) is 35.1 Å². The Morgan fingerprint density at radius 2 is 1.90 bits per heavy atom. The van der Waals surface area contributed by atoms with E-state index < -0.39 is 0 Å². The van der Waals surface area contributed by atoms with Crippen molar-refractivity contribution < 1.29 is 5.11 Å². The Morgan fingerprint density at radius 1 is 1.10 bits per heavy atom. The van der Waals surface area contributed by atoms with Crippen LogP contribution in [0, 0.1) is 13.8 Å². The molecule has 3 aromatic rings. The summed E-state index contributed by atoms with van der Waals surface area (Å²) in [5, 5.41) is 11.3. The first-order valence-electron chi connectivity index (χ1n) is 9.93. The van der Waals surface area contributed by atoms with Gasteiger partial charge < -0.3 is 14.6 Å². The number of aromatic nitrogens is 2. The fourth-order valence-corrected chi connectivity index (χ4v) is 5.63. The van der Waals surface area contributed by atoms with Gasteiger partial charge in [-0.3, -0.25) is 9.98 Å². The molecule has 2 aliphatic heterocycles. The molecule has 0 amide bonds. The van der Waals surface area contributed by atoms with E-state index in [9.17, 15) is 5.11 Å². The Bertz CT molecular complexity index is 1070. The summed E-state index contributed by atoms with van der Waals surface area (Å²) in [7, 11) is 0. The molecule has 5 nitrogen and oxygen atoms in total. The highest BCUT2D eigenvalue weighted by Crippen LogP contribution is 2.48. The minimum absolute atomic E-state index is 0.0000298. The van der Waals surface area contributed by atoms with Crippen molar-refractivity contribution in [3.8, 4) is 11.4 Å². The molecule has 6 heteroatoms. The van der Waals surface area contributed by atoms with Gasteiger partial charge in [-0.15, -0.1) is 0 Å². The highest BCUT2D eigenvalue weighted by molar-refractivity contribution is 8.14. The Morgan fingerprint density at radius 3 is 2.62 bits per heavy atom. The number of rotatable bonds is 3. The highest BCUT2D eigenvalue weighted by Gasteiger charge is 2.44. The molecule has 0 unspecified atom stereocenters. The van der Waals surface area contributed by atoms with Crippen LogP contribution < -0.4 is 0 Å². The standard InChI is InChI=1S/C23H24N4OS/c1-14-12-19(16(3)27(14)17-7-9-18(28)10-8-17)22-21(20-6-4-5-11-24-20)25-23-26(22)13-15(2)29-23/h4-12,15,21-22,28H,13H2,1-3H3/t15-,21-,22+/m0/s1. The molecule has 3 atom stereocenters. The minimum Gasteiger partial charge on any atom is -0.508 e. The summed E-state index contributed by atoms with van der Waals surface area (Å²) >= 11 is 1.86. The van der Waals surface area contributed by atoms with Crippen molar-refractivity contribution in [3.63, 3.8) is 0 Å². The largest absolute Gasteiger partial charge is 0.508 e. The maximum absolute atomic E-state index is 9.67. The maximum Gasteiger partial charge on any atom is 0.160 e.